The van der Waals surface area contributed by atoms with E-state index in [4.69, 9.17) is 0 Å². The number of rotatable bonds is 4. The van der Waals surface area contributed by atoms with Crippen molar-refractivity contribution in [1.29, 1.82) is 0 Å². The fourth-order valence-corrected chi connectivity index (χ4v) is 0.996. The molecular weight excluding hydrogens is 241 g/mol. The van der Waals surface area contributed by atoms with Crippen LogP contribution in [0, 0.1) is 0 Å². The van der Waals surface area contributed by atoms with Gasteiger partial charge in [0.05, 0.1) is 0 Å². The molecule has 0 aromatic heterocycles. The molecule has 0 nitrogen and oxygen atoms in total. The topological polar surface area (TPSA) is 0 Å². The van der Waals surface area contributed by atoms with Crippen molar-refractivity contribution >= 4 is 0 Å². The van der Waals surface area contributed by atoms with Gasteiger partial charge >= 0.3 is 12.1 Å². The molecule has 0 spiro atoms. The molecular formula is C9H9F7. The number of halogens is 7. The molecule has 16 heavy (non-hydrogen) atoms. The van der Waals surface area contributed by atoms with E-state index in [-0.39, 0.29) is 6.92 Å². The molecule has 0 rings (SSSR count). The largest absolute Gasteiger partial charge is 0.426 e. The van der Waals surface area contributed by atoms with Gasteiger partial charge in [0.1, 0.15) is 0 Å². The van der Waals surface area contributed by atoms with Crippen LogP contribution in [0.4, 0.5) is 30.7 Å². The molecule has 0 aliphatic carbocycles. The molecule has 0 saturated carbocycles. The van der Waals surface area contributed by atoms with Crippen LogP contribution in [0.15, 0.2) is 25.3 Å². The van der Waals surface area contributed by atoms with Crippen LogP contribution in [0.5, 0.6) is 0 Å². The fourth-order valence-electron chi connectivity index (χ4n) is 0.996. The zero-order chi connectivity index (χ0) is 13.4. The van der Waals surface area contributed by atoms with Crippen LogP contribution in [-0.2, 0) is 0 Å². The Hall–Kier alpha value is -1.01. The smallest absolute Gasteiger partial charge is 0.230 e. The van der Waals surface area contributed by atoms with E-state index in [1.165, 1.54) is 0 Å². The van der Waals surface area contributed by atoms with Crippen molar-refractivity contribution in [3.05, 3.63) is 25.3 Å². The summed E-state index contributed by atoms with van der Waals surface area (Å²) in [7, 11) is 0. The lowest BCUT2D eigenvalue weighted by Crippen LogP contribution is -2.62. The van der Waals surface area contributed by atoms with Crippen LogP contribution < -0.4 is 0 Å². The zero-order valence-corrected chi connectivity index (χ0v) is 8.21. The molecule has 2 atom stereocenters. The van der Waals surface area contributed by atoms with Gasteiger partial charge in [0.2, 0.25) is 11.3 Å². The molecule has 0 aliphatic rings. The summed E-state index contributed by atoms with van der Waals surface area (Å²) in [4.78, 5) is 0. The van der Waals surface area contributed by atoms with E-state index in [9.17, 15) is 30.7 Å². The Morgan fingerprint density at radius 1 is 0.812 bits per heavy atom. The van der Waals surface area contributed by atoms with E-state index in [0.717, 1.165) is 0 Å². The number of alkyl halides is 7. The predicted octanol–water partition coefficient (Wildman–Crippen LogP) is 3.99. The van der Waals surface area contributed by atoms with Crippen molar-refractivity contribution in [2.45, 2.75) is 30.4 Å². The highest BCUT2D eigenvalue weighted by Gasteiger charge is 2.73. The summed E-state index contributed by atoms with van der Waals surface area (Å²) in [5.74, 6) is -4.73. The van der Waals surface area contributed by atoms with Gasteiger partial charge in [0.25, 0.3) is 0 Å². The van der Waals surface area contributed by atoms with Gasteiger partial charge in [-0.1, -0.05) is 13.2 Å². The molecule has 0 heterocycles. The highest BCUT2D eigenvalue weighted by molar-refractivity contribution is 5.23. The minimum atomic E-state index is -5.80. The first kappa shape index (κ1) is 15.0. The first-order valence-corrected chi connectivity index (χ1v) is 3.97. The predicted molar refractivity (Wildman–Crippen MR) is 44.7 cm³/mol. The van der Waals surface area contributed by atoms with E-state index in [1.807, 2.05) is 0 Å². The first-order chi connectivity index (χ1) is 6.87. The molecule has 0 amide bonds. The quantitative estimate of drug-likeness (QED) is 0.522. The van der Waals surface area contributed by atoms with Gasteiger partial charge in [-0.25, -0.2) is 8.78 Å². The average molecular weight is 250 g/mol. The molecule has 2 unspecified atom stereocenters. The lowest BCUT2D eigenvalue weighted by atomic mass is 9.81. The van der Waals surface area contributed by atoms with E-state index >= 15 is 0 Å². The highest BCUT2D eigenvalue weighted by atomic mass is 19.4. The Balaban J connectivity index is 5.79. The Kier molecular flexibility index (Phi) is 3.54. The third kappa shape index (κ3) is 1.82. The zero-order valence-electron chi connectivity index (χ0n) is 8.21. The molecule has 0 saturated heterocycles. The second kappa shape index (κ2) is 3.78. The van der Waals surface area contributed by atoms with Crippen LogP contribution >= 0.6 is 0 Å². The van der Waals surface area contributed by atoms with E-state index in [0.29, 0.717) is 0 Å². The lowest BCUT2D eigenvalue weighted by Gasteiger charge is -2.39. The Labute approximate surface area is 87.4 Å². The van der Waals surface area contributed by atoms with Gasteiger partial charge in [-0.15, -0.1) is 0 Å². The monoisotopic (exact) mass is 250 g/mol. The summed E-state index contributed by atoms with van der Waals surface area (Å²) in [5.41, 5.74) is -9.39. The van der Waals surface area contributed by atoms with E-state index < -0.39 is 35.6 Å². The summed E-state index contributed by atoms with van der Waals surface area (Å²) in [6.07, 6.45) is -6.59. The number of hydrogen-bond donors (Lipinski definition) is 0. The van der Waals surface area contributed by atoms with Crippen LogP contribution in [0.1, 0.15) is 6.92 Å². The average Bonchev–Trinajstić information content (AvgIpc) is 2.14. The molecule has 94 valence electrons. The minimum absolute atomic E-state index is 0.313. The van der Waals surface area contributed by atoms with Crippen molar-refractivity contribution < 1.29 is 30.7 Å². The van der Waals surface area contributed by atoms with E-state index in [2.05, 4.69) is 13.2 Å². The molecule has 0 fully saturated rings. The second-order valence-corrected chi connectivity index (χ2v) is 3.24. The number of hydrogen-bond acceptors (Lipinski definition) is 0. The molecule has 0 bridgehead atoms. The van der Waals surface area contributed by atoms with Crippen LogP contribution in [0.25, 0.3) is 0 Å². The van der Waals surface area contributed by atoms with Crippen LogP contribution in [0.3, 0.4) is 0 Å². The van der Waals surface area contributed by atoms with Crippen molar-refractivity contribution in [1.82, 2.24) is 0 Å². The lowest BCUT2D eigenvalue weighted by molar-refractivity contribution is -0.286. The Bertz CT molecular complexity index is 289. The first-order valence-electron chi connectivity index (χ1n) is 3.97. The van der Waals surface area contributed by atoms with Crippen molar-refractivity contribution in [2.75, 3.05) is 0 Å². The van der Waals surface area contributed by atoms with Crippen molar-refractivity contribution in [2.24, 2.45) is 0 Å². The maximum absolute atomic E-state index is 13.5. The molecule has 0 aromatic rings. The molecule has 0 aromatic carbocycles. The van der Waals surface area contributed by atoms with E-state index in [1.54, 1.807) is 0 Å². The molecule has 7 heteroatoms. The summed E-state index contributed by atoms with van der Waals surface area (Å²) in [5, 5.41) is 0. The fraction of sp³-hybridized carbons (Fsp3) is 0.556. The number of allylic oxidation sites excluding steroid dienone is 2. The van der Waals surface area contributed by atoms with Gasteiger partial charge in [-0.3, -0.25) is 0 Å². The SMILES string of the molecule is C=CC(F)(F)C(F)(C=C)C(C)(F)C(F)(F)F. The van der Waals surface area contributed by atoms with Gasteiger partial charge < -0.3 is 0 Å². The van der Waals surface area contributed by atoms with Crippen LogP contribution in [0.2, 0.25) is 0 Å². The Morgan fingerprint density at radius 3 is 1.38 bits per heavy atom. The standard InChI is InChI=1S/C9H9F7/c1-4-7(11,8(12,13)5-2)6(3,10)9(14,15)16/h4-5H,1-2H2,3H3. The van der Waals surface area contributed by atoms with Gasteiger partial charge in [0, 0.05) is 0 Å². The van der Waals surface area contributed by atoms with Crippen LogP contribution in [-0.4, -0.2) is 23.4 Å². The maximum atomic E-state index is 13.5. The van der Waals surface area contributed by atoms with Gasteiger partial charge in [-0.05, 0) is 19.1 Å². The van der Waals surface area contributed by atoms with Gasteiger partial charge in [0.15, 0.2) is 0 Å². The summed E-state index contributed by atoms with van der Waals surface area (Å²) in [6.45, 7) is 4.64. The Morgan fingerprint density at radius 2 is 1.19 bits per heavy atom. The van der Waals surface area contributed by atoms with Gasteiger partial charge in [-0.2, -0.15) is 22.0 Å². The maximum Gasteiger partial charge on any atom is 0.426 e. The third-order valence-electron chi connectivity index (χ3n) is 2.24. The summed E-state index contributed by atoms with van der Waals surface area (Å²) in [6, 6.07) is 0. The van der Waals surface area contributed by atoms with Crippen molar-refractivity contribution in [3.8, 4) is 0 Å². The highest BCUT2D eigenvalue weighted by Crippen LogP contribution is 2.51. The molecule has 0 aliphatic heterocycles. The summed E-state index contributed by atoms with van der Waals surface area (Å²) >= 11 is 0. The molecule has 0 radical (unpaired) electrons. The summed E-state index contributed by atoms with van der Waals surface area (Å²) < 4.78 is 89.1. The third-order valence-corrected chi connectivity index (χ3v) is 2.24. The second-order valence-electron chi connectivity index (χ2n) is 3.24. The molecule has 0 N–H and O–H groups in total. The normalized spacial score (nSPS) is 20.8. The van der Waals surface area contributed by atoms with Crippen molar-refractivity contribution in [3.63, 3.8) is 0 Å². The minimum Gasteiger partial charge on any atom is -0.230 e.